The van der Waals surface area contributed by atoms with Crippen LogP contribution in [0.2, 0.25) is 0 Å². The van der Waals surface area contributed by atoms with E-state index in [2.05, 4.69) is 69.0 Å². The standard InChI is InChI=1S/C17H16BrN3S/c1-3-9-19-16-15-14(11-5-7-12(18)8-6-11)13(4-2)22-17(15)21-10-20-16/h3,5-8,10H,1,4,9H2,2H3,(H,19,20,21). The minimum absolute atomic E-state index is 0.684. The monoisotopic (exact) mass is 373 g/mol. The molecule has 3 aromatic rings. The Morgan fingerprint density at radius 3 is 2.73 bits per heavy atom. The Labute approximate surface area is 142 Å². The van der Waals surface area contributed by atoms with Crippen LogP contribution in [0.15, 0.2) is 47.7 Å². The first-order valence-electron chi connectivity index (χ1n) is 7.11. The topological polar surface area (TPSA) is 37.8 Å². The van der Waals surface area contributed by atoms with Gasteiger partial charge in [0.1, 0.15) is 17.0 Å². The summed E-state index contributed by atoms with van der Waals surface area (Å²) in [7, 11) is 0. The van der Waals surface area contributed by atoms with Crippen molar-refractivity contribution in [2.75, 3.05) is 11.9 Å². The Bertz CT molecular complexity index is 809. The molecular weight excluding hydrogens is 358 g/mol. The lowest BCUT2D eigenvalue weighted by atomic mass is 10.0. The third kappa shape index (κ3) is 2.78. The van der Waals surface area contributed by atoms with Gasteiger partial charge in [-0.15, -0.1) is 17.9 Å². The molecule has 1 N–H and O–H groups in total. The molecule has 0 bridgehead atoms. The maximum absolute atomic E-state index is 4.45. The summed E-state index contributed by atoms with van der Waals surface area (Å²) in [4.78, 5) is 11.2. The molecule has 0 spiro atoms. The van der Waals surface area contributed by atoms with Gasteiger partial charge in [-0.2, -0.15) is 0 Å². The summed E-state index contributed by atoms with van der Waals surface area (Å²) in [5.74, 6) is 0.874. The number of fused-ring (bicyclic) bond motifs is 1. The zero-order valence-corrected chi connectivity index (χ0v) is 14.7. The van der Waals surface area contributed by atoms with Crippen molar-refractivity contribution < 1.29 is 0 Å². The largest absolute Gasteiger partial charge is 0.366 e. The fraction of sp³-hybridized carbons (Fsp3) is 0.176. The summed E-state index contributed by atoms with van der Waals surface area (Å²) in [6, 6.07) is 8.40. The Balaban J connectivity index is 2.25. The molecular formula is C17H16BrN3S. The molecule has 0 fully saturated rings. The summed E-state index contributed by atoms with van der Waals surface area (Å²) < 4.78 is 1.08. The molecule has 5 heteroatoms. The molecule has 0 aliphatic carbocycles. The second-order valence-corrected chi connectivity index (χ2v) is 6.83. The van der Waals surface area contributed by atoms with Crippen molar-refractivity contribution in [1.29, 1.82) is 0 Å². The first-order chi connectivity index (χ1) is 10.7. The lowest BCUT2D eigenvalue weighted by Crippen LogP contribution is -2.01. The average Bonchev–Trinajstić information content (AvgIpc) is 2.93. The number of anilines is 1. The van der Waals surface area contributed by atoms with Crippen LogP contribution in [0, 0.1) is 0 Å². The quantitative estimate of drug-likeness (QED) is 0.618. The Hall–Kier alpha value is -1.72. The van der Waals surface area contributed by atoms with E-state index in [-0.39, 0.29) is 0 Å². The van der Waals surface area contributed by atoms with E-state index in [1.54, 1.807) is 17.7 Å². The third-order valence-corrected chi connectivity index (χ3v) is 5.20. The van der Waals surface area contributed by atoms with Gasteiger partial charge >= 0.3 is 0 Å². The first kappa shape index (κ1) is 15.2. The van der Waals surface area contributed by atoms with Crippen LogP contribution in [0.4, 0.5) is 5.82 Å². The number of aromatic nitrogens is 2. The molecule has 0 amide bonds. The van der Waals surface area contributed by atoms with Crippen molar-refractivity contribution in [3.05, 3.63) is 52.6 Å². The van der Waals surface area contributed by atoms with Gasteiger partial charge in [-0.05, 0) is 24.1 Å². The number of thiophene rings is 1. The predicted octanol–water partition coefficient (Wildman–Crippen LogP) is 5.28. The summed E-state index contributed by atoms with van der Waals surface area (Å²) in [6.45, 7) is 6.62. The molecule has 2 aromatic heterocycles. The fourth-order valence-corrected chi connectivity index (χ4v) is 3.82. The number of aryl methyl sites for hydroxylation is 1. The van der Waals surface area contributed by atoms with E-state index >= 15 is 0 Å². The number of rotatable bonds is 5. The molecule has 0 atom stereocenters. The first-order valence-corrected chi connectivity index (χ1v) is 8.72. The summed E-state index contributed by atoms with van der Waals surface area (Å²) in [5.41, 5.74) is 2.44. The van der Waals surface area contributed by atoms with Gasteiger partial charge in [-0.1, -0.05) is 41.1 Å². The molecule has 3 rings (SSSR count). The van der Waals surface area contributed by atoms with Crippen molar-refractivity contribution >= 4 is 43.3 Å². The minimum atomic E-state index is 0.684. The van der Waals surface area contributed by atoms with Gasteiger partial charge in [0.25, 0.3) is 0 Å². The van der Waals surface area contributed by atoms with Gasteiger partial charge in [0, 0.05) is 21.5 Å². The van der Waals surface area contributed by atoms with E-state index in [0.29, 0.717) is 6.54 Å². The van der Waals surface area contributed by atoms with Crippen LogP contribution in [0.3, 0.4) is 0 Å². The SMILES string of the molecule is C=CCNc1ncnc2sc(CC)c(-c3ccc(Br)cc3)c12. The highest BCUT2D eigenvalue weighted by Gasteiger charge is 2.17. The number of hydrogen-bond acceptors (Lipinski definition) is 4. The highest BCUT2D eigenvalue weighted by molar-refractivity contribution is 9.10. The summed E-state index contributed by atoms with van der Waals surface area (Å²) in [5, 5.41) is 4.43. The molecule has 0 unspecified atom stereocenters. The van der Waals surface area contributed by atoms with Gasteiger partial charge in [0.15, 0.2) is 0 Å². The number of nitrogens with zero attached hydrogens (tertiary/aromatic N) is 2. The molecule has 112 valence electrons. The zero-order valence-electron chi connectivity index (χ0n) is 12.3. The van der Waals surface area contributed by atoms with Gasteiger partial charge < -0.3 is 5.32 Å². The van der Waals surface area contributed by atoms with Gasteiger partial charge in [0.05, 0.1) is 5.39 Å². The van der Waals surface area contributed by atoms with Crippen LogP contribution in [-0.4, -0.2) is 16.5 Å². The van der Waals surface area contributed by atoms with Crippen molar-refractivity contribution in [3.63, 3.8) is 0 Å². The third-order valence-electron chi connectivity index (χ3n) is 3.43. The molecule has 2 heterocycles. The molecule has 1 aromatic carbocycles. The number of nitrogens with one attached hydrogen (secondary N) is 1. The van der Waals surface area contributed by atoms with E-state index in [0.717, 1.165) is 26.9 Å². The minimum Gasteiger partial charge on any atom is -0.366 e. The second kappa shape index (κ2) is 6.58. The molecule has 0 radical (unpaired) electrons. The molecule has 3 nitrogen and oxygen atoms in total. The molecule has 0 aliphatic rings. The number of benzene rings is 1. The van der Waals surface area contributed by atoms with E-state index in [1.165, 1.54) is 16.0 Å². The second-order valence-electron chi connectivity index (χ2n) is 4.83. The Morgan fingerprint density at radius 1 is 1.27 bits per heavy atom. The number of halogens is 1. The van der Waals surface area contributed by atoms with Gasteiger partial charge in [-0.3, -0.25) is 0 Å². The van der Waals surface area contributed by atoms with E-state index in [9.17, 15) is 0 Å². The highest BCUT2D eigenvalue weighted by Crippen LogP contribution is 2.41. The lowest BCUT2D eigenvalue weighted by molar-refractivity contribution is 1.18. The lowest BCUT2D eigenvalue weighted by Gasteiger charge is -2.08. The molecule has 22 heavy (non-hydrogen) atoms. The smallest absolute Gasteiger partial charge is 0.139 e. The van der Waals surface area contributed by atoms with Crippen LogP contribution in [0.1, 0.15) is 11.8 Å². The van der Waals surface area contributed by atoms with Crippen molar-refractivity contribution in [1.82, 2.24) is 9.97 Å². The average molecular weight is 374 g/mol. The molecule has 0 saturated carbocycles. The van der Waals surface area contributed by atoms with Crippen molar-refractivity contribution in [3.8, 4) is 11.1 Å². The molecule has 0 saturated heterocycles. The van der Waals surface area contributed by atoms with Crippen LogP contribution in [-0.2, 0) is 6.42 Å². The highest BCUT2D eigenvalue weighted by atomic mass is 79.9. The Morgan fingerprint density at radius 2 is 2.05 bits per heavy atom. The van der Waals surface area contributed by atoms with Crippen molar-refractivity contribution in [2.24, 2.45) is 0 Å². The maximum Gasteiger partial charge on any atom is 0.139 e. The summed E-state index contributed by atoms with van der Waals surface area (Å²) in [6.07, 6.45) is 4.43. The van der Waals surface area contributed by atoms with E-state index < -0.39 is 0 Å². The number of hydrogen-bond donors (Lipinski definition) is 1. The van der Waals surface area contributed by atoms with Gasteiger partial charge in [0.2, 0.25) is 0 Å². The zero-order chi connectivity index (χ0) is 15.5. The fourth-order valence-electron chi connectivity index (χ4n) is 2.45. The Kier molecular flexibility index (Phi) is 4.55. The van der Waals surface area contributed by atoms with Crippen LogP contribution in [0.5, 0.6) is 0 Å². The van der Waals surface area contributed by atoms with E-state index in [4.69, 9.17) is 0 Å². The van der Waals surface area contributed by atoms with Crippen LogP contribution in [0.25, 0.3) is 21.3 Å². The van der Waals surface area contributed by atoms with Crippen LogP contribution >= 0.6 is 27.3 Å². The maximum atomic E-state index is 4.45. The summed E-state index contributed by atoms with van der Waals surface area (Å²) >= 11 is 5.24. The van der Waals surface area contributed by atoms with Crippen molar-refractivity contribution in [2.45, 2.75) is 13.3 Å². The molecule has 0 aliphatic heterocycles. The van der Waals surface area contributed by atoms with Gasteiger partial charge in [-0.25, -0.2) is 9.97 Å². The normalized spacial score (nSPS) is 10.8. The van der Waals surface area contributed by atoms with Crippen LogP contribution < -0.4 is 5.32 Å². The predicted molar refractivity (Wildman–Crippen MR) is 98.6 cm³/mol. The van der Waals surface area contributed by atoms with E-state index in [1.807, 2.05) is 6.08 Å².